The maximum Gasteiger partial charge on any atom is 0.191 e. The summed E-state index contributed by atoms with van der Waals surface area (Å²) in [6.07, 6.45) is 4.10. The molecule has 0 aliphatic carbocycles. The van der Waals surface area contributed by atoms with Crippen LogP contribution in [0.4, 0.5) is 0 Å². The van der Waals surface area contributed by atoms with Crippen molar-refractivity contribution in [2.75, 3.05) is 40.0 Å². The van der Waals surface area contributed by atoms with Crippen molar-refractivity contribution in [3.63, 3.8) is 0 Å². The number of aliphatic imine (C=N–C) groups is 1. The van der Waals surface area contributed by atoms with Gasteiger partial charge in [0, 0.05) is 50.4 Å². The lowest BCUT2D eigenvalue weighted by Crippen LogP contribution is -2.50. The number of guanidine groups is 1. The molecule has 1 unspecified atom stereocenters. The van der Waals surface area contributed by atoms with Gasteiger partial charge in [0.15, 0.2) is 5.96 Å². The van der Waals surface area contributed by atoms with E-state index in [1.165, 1.54) is 5.56 Å². The minimum absolute atomic E-state index is 0.0397. The van der Waals surface area contributed by atoms with Crippen LogP contribution in [0.15, 0.2) is 29.3 Å². The molecule has 2 heterocycles. The lowest BCUT2D eigenvalue weighted by molar-refractivity contribution is 0.0242. The lowest BCUT2D eigenvalue weighted by atomic mass is 9.74. The van der Waals surface area contributed by atoms with Gasteiger partial charge in [0.2, 0.25) is 0 Å². The summed E-state index contributed by atoms with van der Waals surface area (Å²) >= 11 is 6.53. The van der Waals surface area contributed by atoms with Gasteiger partial charge in [-0.15, -0.1) is 0 Å². The third kappa shape index (κ3) is 4.51. The molecule has 5 nitrogen and oxygen atoms in total. The Hall–Kier alpha value is -1.30. The van der Waals surface area contributed by atoms with Gasteiger partial charge in [-0.2, -0.15) is 0 Å². The number of hydrogen-bond acceptors (Lipinski definition) is 3. The van der Waals surface area contributed by atoms with Crippen molar-refractivity contribution >= 4 is 17.6 Å². The lowest BCUT2D eigenvalue weighted by Gasteiger charge is -2.39. The van der Waals surface area contributed by atoms with Gasteiger partial charge < -0.3 is 20.1 Å². The van der Waals surface area contributed by atoms with Gasteiger partial charge in [-0.1, -0.05) is 29.8 Å². The Labute approximate surface area is 161 Å². The standard InChI is InChI=1S/C20H30ClN3O2/c1-19(8-5-11-26-19)14-23-18(22-2)24-15-20(9-12-25-13-10-20)16-6-3-4-7-17(16)21/h3-4,6-7H,5,8-15H2,1-2H3,(H2,22,23,24). The molecule has 2 fully saturated rings. The van der Waals surface area contributed by atoms with Gasteiger partial charge in [-0.05, 0) is 44.2 Å². The molecule has 2 saturated heterocycles. The quantitative estimate of drug-likeness (QED) is 0.609. The number of hydrogen-bond donors (Lipinski definition) is 2. The Morgan fingerprint density at radius 3 is 2.50 bits per heavy atom. The molecule has 144 valence electrons. The molecule has 2 aliphatic rings. The van der Waals surface area contributed by atoms with Crippen LogP contribution in [0.1, 0.15) is 38.2 Å². The monoisotopic (exact) mass is 379 g/mol. The third-order valence-corrected chi connectivity index (χ3v) is 5.97. The maximum absolute atomic E-state index is 6.53. The summed E-state index contributed by atoms with van der Waals surface area (Å²) in [7, 11) is 1.80. The van der Waals surface area contributed by atoms with E-state index in [9.17, 15) is 0 Å². The molecule has 2 N–H and O–H groups in total. The first-order chi connectivity index (χ1) is 12.6. The number of nitrogens with zero attached hydrogens (tertiary/aromatic N) is 1. The highest BCUT2D eigenvalue weighted by atomic mass is 35.5. The first-order valence-corrected chi connectivity index (χ1v) is 9.86. The molecule has 0 radical (unpaired) electrons. The third-order valence-electron chi connectivity index (χ3n) is 5.64. The highest BCUT2D eigenvalue weighted by molar-refractivity contribution is 6.31. The zero-order chi connectivity index (χ0) is 18.5. The average molecular weight is 380 g/mol. The van der Waals surface area contributed by atoms with Gasteiger partial charge in [0.1, 0.15) is 0 Å². The second kappa shape index (κ2) is 8.59. The predicted octanol–water partition coefficient (Wildman–Crippen LogP) is 3.12. The van der Waals surface area contributed by atoms with Crippen molar-refractivity contribution in [1.82, 2.24) is 10.6 Å². The van der Waals surface area contributed by atoms with Gasteiger partial charge in [-0.25, -0.2) is 0 Å². The summed E-state index contributed by atoms with van der Waals surface area (Å²) in [6.45, 7) is 6.05. The van der Waals surface area contributed by atoms with Crippen LogP contribution in [-0.2, 0) is 14.9 Å². The first kappa shape index (κ1) is 19.5. The molecule has 0 bridgehead atoms. The number of halogens is 1. The Kier molecular flexibility index (Phi) is 6.43. The number of benzene rings is 1. The maximum atomic E-state index is 6.53. The van der Waals surface area contributed by atoms with E-state index in [1.807, 2.05) is 12.1 Å². The molecule has 1 aromatic rings. The molecular formula is C20H30ClN3O2. The van der Waals surface area contributed by atoms with Crippen LogP contribution in [0.3, 0.4) is 0 Å². The molecular weight excluding hydrogens is 350 g/mol. The SMILES string of the molecule is CN=C(NCC1(C)CCCO1)NCC1(c2ccccc2Cl)CCOCC1. The molecule has 1 atom stereocenters. The zero-order valence-corrected chi connectivity index (χ0v) is 16.6. The summed E-state index contributed by atoms with van der Waals surface area (Å²) in [5.74, 6) is 0.805. The molecule has 2 aliphatic heterocycles. The van der Waals surface area contributed by atoms with Crippen molar-refractivity contribution in [2.24, 2.45) is 4.99 Å². The second-order valence-corrected chi connectivity index (χ2v) is 7.96. The fraction of sp³-hybridized carbons (Fsp3) is 0.650. The average Bonchev–Trinajstić information content (AvgIpc) is 3.10. The molecule has 0 amide bonds. The van der Waals surface area contributed by atoms with Crippen LogP contribution >= 0.6 is 11.6 Å². The van der Waals surface area contributed by atoms with Crippen molar-refractivity contribution in [2.45, 2.75) is 43.6 Å². The zero-order valence-electron chi connectivity index (χ0n) is 15.8. The van der Waals surface area contributed by atoms with Gasteiger partial charge in [-0.3, -0.25) is 4.99 Å². The molecule has 0 aromatic heterocycles. The second-order valence-electron chi connectivity index (χ2n) is 7.55. The van der Waals surface area contributed by atoms with E-state index in [-0.39, 0.29) is 11.0 Å². The fourth-order valence-electron chi connectivity index (χ4n) is 3.92. The number of nitrogens with one attached hydrogen (secondary N) is 2. The topological polar surface area (TPSA) is 54.9 Å². The molecule has 0 spiro atoms. The minimum Gasteiger partial charge on any atom is -0.381 e. The molecule has 1 aromatic carbocycles. The van der Waals surface area contributed by atoms with Crippen molar-refractivity contribution < 1.29 is 9.47 Å². The molecule has 0 saturated carbocycles. The summed E-state index contributed by atoms with van der Waals surface area (Å²) in [5.41, 5.74) is 1.05. The predicted molar refractivity (Wildman–Crippen MR) is 106 cm³/mol. The summed E-state index contributed by atoms with van der Waals surface area (Å²) in [5, 5.41) is 7.77. The minimum atomic E-state index is -0.100. The van der Waals surface area contributed by atoms with E-state index in [1.54, 1.807) is 7.05 Å². The van der Waals surface area contributed by atoms with E-state index in [4.69, 9.17) is 21.1 Å². The van der Waals surface area contributed by atoms with Crippen LogP contribution in [0, 0.1) is 0 Å². The van der Waals surface area contributed by atoms with Crippen LogP contribution in [0.5, 0.6) is 0 Å². The van der Waals surface area contributed by atoms with Crippen LogP contribution in [-0.4, -0.2) is 51.5 Å². The Morgan fingerprint density at radius 2 is 1.85 bits per heavy atom. The number of rotatable bonds is 5. The molecule has 6 heteroatoms. The molecule has 3 rings (SSSR count). The van der Waals surface area contributed by atoms with Crippen LogP contribution in [0.2, 0.25) is 5.02 Å². The Morgan fingerprint density at radius 1 is 1.12 bits per heavy atom. The van der Waals surface area contributed by atoms with Gasteiger partial charge in [0.25, 0.3) is 0 Å². The van der Waals surface area contributed by atoms with Gasteiger partial charge in [0.05, 0.1) is 5.60 Å². The number of ether oxygens (including phenoxy) is 2. The summed E-state index contributed by atoms with van der Waals surface area (Å²) in [6, 6.07) is 8.15. The van der Waals surface area contributed by atoms with E-state index in [2.05, 4.69) is 34.7 Å². The van der Waals surface area contributed by atoms with Crippen molar-refractivity contribution in [3.8, 4) is 0 Å². The normalized spacial score (nSPS) is 25.9. The Bertz CT molecular complexity index is 623. The smallest absolute Gasteiger partial charge is 0.191 e. The van der Waals surface area contributed by atoms with E-state index in [0.717, 1.165) is 69.6 Å². The largest absolute Gasteiger partial charge is 0.381 e. The van der Waals surface area contributed by atoms with E-state index >= 15 is 0 Å². The highest BCUT2D eigenvalue weighted by Gasteiger charge is 2.36. The summed E-state index contributed by atoms with van der Waals surface area (Å²) < 4.78 is 11.5. The fourth-order valence-corrected chi connectivity index (χ4v) is 4.25. The molecule has 26 heavy (non-hydrogen) atoms. The first-order valence-electron chi connectivity index (χ1n) is 9.48. The van der Waals surface area contributed by atoms with E-state index in [0.29, 0.717) is 0 Å². The Balaban J connectivity index is 1.66. The van der Waals surface area contributed by atoms with Crippen LogP contribution in [0.25, 0.3) is 0 Å². The summed E-state index contributed by atoms with van der Waals surface area (Å²) in [4.78, 5) is 4.39. The van der Waals surface area contributed by atoms with E-state index < -0.39 is 0 Å². The van der Waals surface area contributed by atoms with Crippen molar-refractivity contribution in [3.05, 3.63) is 34.9 Å². The highest BCUT2D eigenvalue weighted by Crippen LogP contribution is 2.38. The van der Waals surface area contributed by atoms with Gasteiger partial charge >= 0.3 is 0 Å². The van der Waals surface area contributed by atoms with Crippen LogP contribution < -0.4 is 10.6 Å². The van der Waals surface area contributed by atoms with Crippen molar-refractivity contribution in [1.29, 1.82) is 0 Å².